The van der Waals surface area contributed by atoms with Crippen molar-refractivity contribution in [3.63, 3.8) is 0 Å². The first-order valence-corrected chi connectivity index (χ1v) is 15.0. The van der Waals surface area contributed by atoms with Crippen molar-refractivity contribution in [3.05, 3.63) is 47.0 Å². The molecule has 4 rings (SSSR count). The van der Waals surface area contributed by atoms with Gasteiger partial charge in [-0.1, -0.05) is 29.8 Å². The van der Waals surface area contributed by atoms with Gasteiger partial charge in [0.15, 0.2) is 17.4 Å². The summed E-state index contributed by atoms with van der Waals surface area (Å²) in [5.74, 6) is -0.680. The van der Waals surface area contributed by atoms with E-state index in [1.165, 1.54) is 25.4 Å². The SMILES string of the molecule is CC(C)OC(=O)[C@@H](C)NP(=O)(OC[C@H]1O[C@@H](n2cnc3c(=O)[nH]c(N=CN(C)C)nc32)[C@@](F)(Cl)[C@@H]1O)Oc1ccccc1. The van der Waals surface area contributed by atoms with E-state index in [1.807, 2.05) is 0 Å². The van der Waals surface area contributed by atoms with Gasteiger partial charge in [-0.15, -0.1) is 0 Å². The van der Waals surface area contributed by atoms with Crippen LogP contribution in [0.15, 0.2) is 46.4 Å². The molecule has 3 aromatic rings. The van der Waals surface area contributed by atoms with Gasteiger partial charge in [-0.2, -0.15) is 10.1 Å². The molecular formula is C25H32ClFN7O8P. The predicted octanol–water partition coefficient (Wildman–Crippen LogP) is 2.64. The van der Waals surface area contributed by atoms with Gasteiger partial charge in [0, 0.05) is 14.1 Å². The monoisotopic (exact) mass is 643 g/mol. The van der Waals surface area contributed by atoms with E-state index >= 15 is 4.39 Å². The molecule has 18 heteroatoms. The Balaban J connectivity index is 1.58. The zero-order chi connectivity index (χ0) is 31.5. The summed E-state index contributed by atoms with van der Waals surface area (Å²) in [6.45, 7) is 4.00. The Hall–Kier alpha value is -3.40. The lowest BCUT2D eigenvalue weighted by molar-refractivity contribution is -0.149. The molecule has 6 atom stereocenters. The van der Waals surface area contributed by atoms with Crippen LogP contribution in [0.3, 0.4) is 0 Å². The highest BCUT2D eigenvalue weighted by atomic mass is 35.5. The van der Waals surface area contributed by atoms with Crippen molar-refractivity contribution in [3.8, 4) is 5.75 Å². The number of hydrogen-bond acceptors (Lipinski definition) is 11. The number of benzene rings is 1. The maximum absolute atomic E-state index is 15.8. The molecule has 0 bridgehead atoms. The lowest BCUT2D eigenvalue weighted by atomic mass is 10.1. The molecule has 0 amide bonds. The summed E-state index contributed by atoms with van der Waals surface area (Å²) in [6.07, 6.45) is -3.22. The van der Waals surface area contributed by atoms with Crippen molar-refractivity contribution in [2.24, 2.45) is 4.99 Å². The third kappa shape index (κ3) is 7.58. The first-order chi connectivity index (χ1) is 20.2. The van der Waals surface area contributed by atoms with Crippen LogP contribution in [0.25, 0.3) is 11.2 Å². The largest absolute Gasteiger partial charge is 0.462 e. The first-order valence-electron chi connectivity index (χ1n) is 13.1. The number of nitrogens with one attached hydrogen (secondary N) is 2. The van der Waals surface area contributed by atoms with Crippen molar-refractivity contribution >= 4 is 48.8 Å². The number of H-pyrrole nitrogens is 1. The molecule has 15 nitrogen and oxygen atoms in total. The second kappa shape index (κ2) is 13.1. The van der Waals surface area contributed by atoms with E-state index in [-0.39, 0.29) is 22.9 Å². The number of aliphatic hydroxyl groups is 1. The lowest BCUT2D eigenvalue weighted by Crippen LogP contribution is -2.40. The van der Waals surface area contributed by atoms with Crippen molar-refractivity contribution in [2.45, 2.75) is 56.5 Å². The van der Waals surface area contributed by atoms with Gasteiger partial charge in [-0.3, -0.25) is 23.7 Å². The van der Waals surface area contributed by atoms with E-state index < -0.39 is 61.6 Å². The molecule has 3 N–H and O–H groups in total. The fourth-order valence-corrected chi connectivity index (χ4v) is 5.73. The first kappa shape index (κ1) is 32.5. The number of imidazole rings is 1. The van der Waals surface area contributed by atoms with Crippen LogP contribution in [0.1, 0.15) is 27.0 Å². The number of esters is 1. The summed E-state index contributed by atoms with van der Waals surface area (Å²) in [6, 6.07) is 6.83. The molecule has 0 radical (unpaired) electrons. The highest BCUT2D eigenvalue weighted by molar-refractivity contribution is 7.52. The minimum atomic E-state index is -4.37. The van der Waals surface area contributed by atoms with Crippen LogP contribution in [0, 0.1) is 0 Å². The smallest absolute Gasteiger partial charge is 0.459 e. The molecule has 1 aliphatic heterocycles. The maximum atomic E-state index is 15.8. The molecule has 0 spiro atoms. The van der Waals surface area contributed by atoms with E-state index in [4.69, 9.17) is 30.1 Å². The van der Waals surface area contributed by atoms with Gasteiger partial charge < -0.3 is 24.0 Å². The van der Waals surface area contributed by atoms with Gasteiger partial charge in [0.05, 0.1) is 25.4 Å². The van der Waals surface area contributed by atoms with Crippen molar-refractivity contribution in [2.75, 3.05) is 20.7 Å². The average Bonchev–Trinajstić information content (AvgIpc) is 3.44. The molecule has 3 heterocycles. The van der Waals surface area contributed by atoms with Crippen LogP contribution in [0.4, 0.5) is 10.3 Å². The number of carbonyl (C=O) groups is 1. The highest BCUT2D eigenvalue weighted by Crippen LogP contribution is 2.49. The average molecular weight is 644 g/mol. The number of halogens is 2. The minimum Gasteiger partial charge on any atom is -0.462 e. The molecule has 1 aliphatic rings. The number of aliphatic hydroxyl groups excluding tert-OH is 1. The van der Waals surface area contributed by atoms with Gasteiger partial charge in [-0.05, 0) is 32.9 Å². The van der Waals surface area contributed by atoms with E-state index in [2.05, 4.69) is 25.0 Å². The Morgan fingerprint density at radius 1 is 1.37 bits per heavy atom. The third-order valence-electron chi connectivity index (χ3n) is 5.90. The summed E-state index contributed by atoms with van der Waals surface area (Å²) in [4.78, 5) is 41.2. The second-order valence-electron chi connectivity index (χ2n) is 10.1. The van der Waals surface area contributed by atoms with Gasteiger partial charge in [0.1, 0.15) is 24.0 Å². The molecule has 1 aromatic carbocycles. The summed E-state index contributed by atoms with van der Waals surface area (Å²) < 4.78 is 52.6. The quantitative estimate of drug-likeness (QED) is 0.0864. The number of rotatable bonds is 12. The minimum absolute atomic E-state index is 0.0967. The Bertz CT molecular complexity index is 1570. The summed E-state index contributed by atoms with van der Waals surface area (Å²) in [5, 5.41) is 10.3. The summed E-state index contributed by atoms with van der Waals surface area (Å²) in [7, 11) is -0.946. The van der Waals surface area contributed by atoms with E-state index in [9.17, 15) is 19.3 Å². The second-order valence-corrected chi connectivity index (χ2v) is 12.4. The predicted molar refractivity (Wildman–Crippen MR) is 154 cm³/mol. The number of aromatic nitrogens is 4. The van der Waals surface area contributed by atoms with Gasteiger partial charge in [-0.25, -0.2) is 18.9 Å². The molecule has 43 heavy (non-hydrogen) atoms. The van der Waals surface area contributed by atoms with Crippen LogP contribution in [0.2, 0.25) is 0 Å². The number of nitrogens with zero attached hydrogens (tertiary/aromatic N) is 5. The number of fused-ring (bicyclic) bond motifs is 1. The summed E-state index contributed by atoms with van der Waals surface area (Å²) >= 11 is 6.13. The highest BCUT2D eigenvalue weighted by Gasteiger charge is 2.58. The van der Waals surface area contributed by atoms with Gasteiger partial charge >= 0.3 is 13.7 Å². The fraction of sp³-hybridized carbons (Fsp3) is 0.480. The number of para-hydroxylation sites is 1. The molecule has 234 valence electrons. The molecule has 0 aliphatic carbocycles. The maximum Gasteiger partial charge on any atom is 0.459 e. The molecule has 1 unspecified atom stereocenters. The lowest BCUT2D eigenvalue weighted by Gasteiger charge is -2.25. The van der Waals surface area contributed by atoms with Crippen LogP contribution < -0.4 is 15.2 Å². The normalized spacial score (nSPS) is 24.3. The number of carbonyl (C=O) groups excluding carboxylic acids is 1. The van der Waals surface area contributed by atoms with E-state index in [0.29, 0.717) is 0 Å². The Morgan fingerprint density at radius 3 is 2.72 bits per heavy atom. The molecule has 0 saturated carbocycles. The number of alkyl halides is 2. The van der Waals surface area contributed by atoms with Crippen molar-refractivity contribution in [1.82, 2.24) is 29.5 Å². The molecule has 2 aromatic heterocycles. The summed E-state index contributed by atoms with van der Waals surface area (Å²) in [5.41, 5.74) is -0.920. The van der Waals surface area contributed by atoms with Crippen molar-refractivity contribution in [1.29, 1.82) is 0 Å². The zero-order valence-electron chi connectivity index (χ0n) is 23.9. The standard InChI is InChI=1S/C25H32ClFN7O8P/c1-14(2)40-22(37)15(3)32-43(38,42-16-9-7-6-8-10-16)39-11-17-19(35)25(26,27)23(41-17)34-13-28-18-20(34)30-24(31-21(18)36)29-12-33(4)5/h6-10,12-15,17,19,23,35H,11H2,1-5H3,(H,32,38)(H,30,31,36)/t15-,17-,19-,23-,25-,43?/m1/s1. The van der Waals surface area contributed by atoms with Crippen LogP contribution in [-0.4, -0.2) is 92.0 Å². The Labute approximate surface area is 250 Å². The third-order valence-corrected chi connectivity index (χ3v) is 7.95. The van der Waals surface area contributed by atoms with Gasteiger partial charge in [0.2, 0.25) is 5.95 Å². The zero-order valence-corrected chi connectivity index (χ0v) is 25.5. The van der Waals surface area contributed by atoms with Gasteiger partial charge in [0.25, 0.3) is 10.7 Å². The number of aromatic amines is 1. The molecular weight excluding hydrogens is 612 g/mol. The Morgan fingerprint density at radius 2 is 2.07 bits per heavy atom. The van der Waals surface area contributed by atoms with Crippen molar-refractivity contribution < 1.29 is 37.4 Å². The van der Waals surface area contributed by atoms with Crippen LogP contribution in [-0.2, 0) is 23.4 Å². The van der Waals surface area contributed by atoms with E-state index in [0.717, 1.165) is 10.9 Å². The molecule has 1 fully saturated rings. The van der Waals surface area contributed by atoms with Crippen LogP contribution >= 0.6 is 19.3 Å². The fourth-order valence-electron chi connectivity index (χ4n) is 3.93. The number of ether oxygens (including phenoxy) is 2. The number of hydrogen-bond donors (Lipinski definition) is 3. The topological polar surface area (TPSA) is 182 Å². The van der Waals surface area contributed by atoms with E-state index in [1.54, 1.807) is 51.0 Å². The van der Waals surface area contributed by atoms with Crippen LogP contribution in [0.5, 0.6) is 5.75 Å². The molecule has 1 saturated heterocycles. The number of aliphatic imine (C=N–C) groups is 1. The Kier molecular flexibility index (Phi) is 9.89.